The number of aliphatic hydroxyl groups excluding tert-OH is 1. The topological polar surface area (TPSA) is 38.0 Å². The van der Waals surface area contributed by atoms with Crippen molar-refractivity contribution in [2.45, 2.75) is 32.4 Å². The van der Waals surface area contributed by atoms with E-state index in [9.17, 15) is 5.11 Å². The van der Waals surface area contributed by atoms with Crippen LogP contribution in [0.4, 0.5) is 0 Å². The first-order valence-electron chi connectivity index (χ1n) is 6.02. The molecule has 0 amide bonds. The van der Waals surface area contributed by atoms with E-state index in [1.165, 1.54) is 5.56 Å². The van der Waals surface area contributed by atoms with E-state index in [1.54, 1.807) is 12.4 Å². The summed E-state index contributed by atoms with van der Waals surface area (Å²) in [6.07, 6.45) is 9.10. The van der Waals surface area contributed by atoms with Crippen molar-refractivity contribution < 1.29 is 5.11 Å². The molecule has 2 aromatic heterocycles. The SMILES string of the molecule is CCCC(O)c1ccn(Cc2ccncc2)c1. The average molecular weight is 230 g/mol. The zero-order valence-corrected chi connectivity index (χ0v) is 10.1. The molecule has 3 heteroatoms. The lowest BCUT2D eigenvalue weighted by Gasteiger charge is -2.06. The van der Waals surface area contributed by atoms with Crippen molar-refractivity contribution >= 4 is 0 Å². The zero-order chi connectivity index (χ0) is 12.1. The van der Waals surface area contributed by atoms with Gasteiger partial charge in [-0.2, -0.15) is 0 Å². The van der Waals surface area contributed by atoms with Crippen molar-refractivity contribution in [3.8, 4) is 0 Å². The van der Waals surface area contributed by atoms with Gasteiger partial charge in [0.1, 0.15) is 0 Å². The molecule has 0 aliphatic rings. The first kappa shape index (κ1) is 11.9. The molecule has 0 spiro atoms. The minimum absolute atomic E-state index is 0.335. The van der Waals surface area contributed by atoms with Gasteiger partial charge >= 0.3 is 0 Å². The summed E-state index contributed by atoms with van der Waals surface area (Å²) in [7, 11) is 0. The molecule has 0 saturated heterocycles. The summed E-state index contributed by atoms with van der Waals surface area (Å²) in [4.78, 5) is 4.00. The molecule has 1 atom stereocenters. The molecule has 2 heterocycles. The van der Waals surface area contributed by atoms with E-state index in [2.05, 4.69) is 16.5 Å². The van der Waals surface area contributed by atoms with E-state index in [1.807, 2.05) is 30.6 Å². The fourth-order valence-corrected chi connectivity index (χ4v) is 1.89. The molecule has 0 saturated carbocycles. The molecule has 0 aliphatic heterocycles. The molecular formula is C14H18N2O. The van der Waals surface area contributed by atoms with Gasteiger partial charge in [0.25, 0.3) is 0 Å². The van der Waals surface area contributed by atoms with Gasteiger partial charge in [0.05, 0.1) is 6.10 Å². The minimum Gasteiger partial charge on any atom is -0.388 e. The summed E-state index contributed by atoms with van der Waals surface area (Å²) in [5, 5.41) is 9.88. The van der Waals surface area contributed by atoms with Crippen LogP contribution in [0, 0.1) is 0 Å². The molecule has 2 aromatic rings. The Bertz CT molecular complexity index is 450. The van der Waals surface area contributed by atoms with E-state index in [0.717, 1.165) is 24.9 Å². The Hall–Kier alpha value is -1.61. The van der Waals surface area contributed by atoms with Gasteiger partial charge in [-0.1, -0.05) is 13.3 Å². The van der Waals surface area contributed by atoms with Crippen LogP contribution >= 0.6 is 0 Å². The first-order valence-corrected chi connectivity index (χ1v) is 6.02. The van der Waals surface area contributed by atoms with Crippen LogP contribution in [0.2, 0.25) is 0 Å². The molecule has 1 N–H and O–H groups in total. The van der Waals surface area contributed by atoms with Gasteiger partial charge < -0.3 is 9.67 Å². The number of hydrogen-bond acceptors (Lipinski definition) is 2. The molecule has 0 radical (unpaired) electrons. The molecule has 2 rings (SSSR count). The van der Waals surface area contributed by atoms with E-state index < -0.39 is 0 Å². The van der Waals surface area contributed by atoms with Crippen molar-refractivity contribution in [3.63, 3.8) is 0 Å². The standard InChI is InChI=1S/C14H18N2O/c1-2-3-14(17)13-6-9-16(11-13)10-12-4-7-15-8-5-12/h4-9,11,14,17H,2-3,10H2,1H3. The molecule has 17 heavy (non-hydrogen) atoms. The maximum absolute atomic E-state index is 9.88. The van der Waals surface area contributed by atoms with Crippen molar-refractivity contribution in [3.05, 3.63) is 54.1 Å². The molecular weight excluding hydrogens is 212 g/mol. The van der Waals surface area contributed by atoms with Crippen molar-refractivity contribution in [2.24, 2.45) is 0 Å². The Labute approximate surface area is 102 Å². The van der Waals surface area contributed by atoms with Gasteiger partial charge in [0.2, 0.25) is 0 Å². The van der Waals surface area contributed by atoms with Gasteiger partial charge in [-0.25, -0.2) is 0 Å². The highest BCUT2D eigenvalue weighted by Gasteiger charge is 2.07. The Morgan fingerprint density at radius 1 is 1.29 bits per heavy atom. The molecule has 0 fully saturated rings. The first-order chi connectivity index (χ1) is 8.29. The average Bonchev–Trinajstić information content (AvgIpc) is 2.79. The van der Waals surface area contributed by atoms with Crippen LogP contribution in [-0.2, 0) is 6.54 Å². The maximum Gasteiger partial charge on any atom is 0.0804 e. The lowest BCUT2D eigenvalue weighted by atomic mass is 10.1. The van der Waals surface area contributed by atoms with Crippen LogP contribution in [-0.4, -0.2) is 14.7 Å². The third kappa shape index (κ3) is 3.17. The van der Waals surface area contributed by atoms with Crippen molar-refractivity contribution in [1.82, 2.24) is 9.55 Å². The second kappa shape index (κ2) is 5.64. The maximum atomic E-state index is 9.88. The van der Waals surface area contributed by atoms with Crippen LogP contribution in [0.5, 0.6) is 0 Å². The summed E-state index contributed by atoms with van der Waals surface area (Å²) in [6, 6.07) is 5.99. The number of nitrogens with zero attached hydrogens (tertiary/aromatic N) is 2. The monoisotopic (exact) mass is 230 g/mol. The second-order valence-corrected chi connectivity index (χ2v) is 4.28. The summed E-state index contributed by atoms with van der Waals surface area (Å²) >= 11 is 0. The predicted octanol–water partition coefficient (Wildman–Crippen LogP) is 2.76. The fourth-order valence-electron chi connectivity index (χ4n) is 1.89. The van der Waals surface area contributed by atoms with Crippen molar-refractivity contribution in [2.75, 3.05) is 0 Å². The van der Waals surface area contributed by atoms with Gasteiger partial charge in [0, 0.05) is 31.3 Å². The van der Waals surface area contributed by atoms with E-state index >= 15 is 0 Å². The quantitative estimate of drug-likeness (QED) is 0.857. The van der Waals surface area contributed by atoms with Gasteiger partial charge in [0.15, 0.2) is 0 Å². The molecule has 0 bridgehead atoms. The van der Waals surface area contributed by atoms with Crippen LogP contribution in [0.25, 0.3) is 0 Å². The van der Waals surface area contributed by atoms with Crippen LogP contribution in [0.1, 0.15) is 37.0 Å². The smallest absolute Gasteiger partial charge is 0.0804 e. The largest absolute Gasteiger partial charge is 0.388 e. The van der Waals surface area contributed by atoms with Crippen molar-refractivity contribution in [1.29, 1.82) is 0 Å². The number of aliphatic hydroxyl groups is 1. The Morgan fingerprint density at radius 2 is 2.06 bits per heavy atom. The van der Waals surface area contributed by atoms with Gasteiger partial charge in [-0.05, 0) is 35.7 Å². The number of hydrogen-bond donors (Lipinski definition) is 1. The third-order valence-electron chi connectivity index (χ3n) is 2.83. The summed E-state index contributed by atoms with van der Waals surface area (Å²) in [5.74, 6) is 0. The lowest BCUT2D eigenvalue weighted by Crippen LogP contribution is -1.98. The molecule has 3 nitrogen and oxygen atoms in total. The Kier molecular flexibility index (Phi) is 3.94. The summed E-state index contributed by atoms with van der Waals surface area (Å²) in [6.45, 7) is 2.90. The predicted molar refractivity (Wildman–Crippen MR) is 67.6 cm³/mol. The molecule has 90 valence electrons. The normalized spacial score (nSPS) is 12.6. The van der Waals surface area contributed by atoms with Gasteiger partial charge in [-0.3, -0.25) is 4.98 Å². The highest BCUT2D eigenvalue weighted by molar-refractivity contribution is 5.16. The highest BCUT2D eigenvalue weighted by atomic mass is 16.3. The number of aromatic nitrogens is 2. The minimum atomic E-state index is -0.335. The molecule has 1 unspecified atom stereocenters. The highest BCUT2D eigenvalue weighted by Crippen LogP contribution is 2.18. The zero-order valence-electron chi connectivity index (χ0n) is 10.1. The fraction of sp³-hybridized carbons (Fsp3) is 0.357. The van der Waals surface area contributed by atoms with E-state index in [0.29, 0.717) is 0 Å². The van der Waals surface area contributed by atoms with E-state index in [4.69, 9.17) is 0 Å². The van der Waals surface area contributed by atoms with Crippen LogP contribution in [0.15, 0.2) is 43.0 Å². The molecule has 0 aliphatic carbocycles. The Balaban J connectivity index is 2.04. The second-order valence-electron chi connectivity index (χ2n) is 4.28. The van der Waals surface area contributed by atoms with Crippen LogP contribution in [0.3, 0.4) is 0 Å². The lowest BCUT2D eigenvalue weighted by molar-refractivity contribution is 0.166. The summed E-state index contributed by atoms with van der Waals surface area (Å²) in [5.41, 5.74) is 2.22. The van der Waals surface area contributed by atoms with E-state index in [-0.39, 0.29) is 6.10 Å². The number of rotatable bonds is 5. The van der Waals surface area contributed by atoms with Crippen LogP contribution < -0.4 is 0 Å². The molecule has 0 aromatic carbocycles. The van der Waals surface area contributed by atoms with Gasteiger partial charge in [-0.15, -0.1) is 0 Å². The number of pyridine rings is 1. The Morgan fingerprint density at radius 3 is 2.76 bits per heavy atom. The summed E-state index contributed by atoms with van der Waals surface area (Å²) < 4.78 is 2.09. The third-order valence-corrected chi connectivity index (χ3v) is 2.83.